The summed E-state index contributed by atoms with van der Waals surface area (Å²) in [5.74, 6) is 0.311. The molecule has 3 aliphatic heterocycles. The van der Waals surface area contributed by atoms with Crippen LogP contribution in [0.2, 0.25) is 0 Å². The van der Waals surface area contributed by atoms with Gasteiger partial charge in [-0.3, -0.25) is 9.59 Å². The molecule has 216 valence electrons. The number of fused-ring (bicyclic) bond motifs is 6. The molecule has 2 fully saturated rings. The van der Waals surface area contributed by atoms with Gasteiger partial charge in [-0.05, 0) is 89.6 Å². The van der Waals surface area contributed by atoms with Gasteiger partial charge in [0.2, 0.25) is 0 Å². The predicted octanol–water partition coefficient (Wildman–Crippen LogP) is 6.50. The van der Waals surface area contributed by atoms with Crippen molar-refractivity contribution in [2.45, 2.75) is 85.7 Å². The summed E-state index contributed by atoms with van der Waals surface area (Å²) in [6.45, 7) is 14.3. The number of hydrogen-bond donors (Lipinski definition) is 0. The highest BCUT2D eigenvalue weighted by molar-refractivity contribution is 5.76. The standard InChI is InChI=1S/C34H46N2O4/c1-33(2,3)31(37)39-21-17-23-12-14-25(15-13-23)35-20-16-26-28-11-8-19-36(28)29-24(9-7-10-27(29)30(26)35)18-22-40-32(38)34(4,5)6/h7,9-10,12-15,26,28,30H,8,11,16-22H2,1-6H3/t26-,28-,30-/m1/s1. The largest absolute Gasteiger partial charge is 0.465 e. The third kappa shape index (κ3) is 5.73. The number of esters is 2. The van der Waals surface area contributed by atoms with E-state index in [0.717, 1.165) is 25.9 Å². The Balaban J connectivity index is 1.33. The minimum Gasteiger partial charge on any atom is -0.465 e. The van der Waals surface area contributed by atoms with Gasteiger partial charge in [-0.2, -0.15) is 0 Å². The maximum atomic E-state index is 12.4. The van der Waals surface area contributed by atoms with E-state index in [1.165, 1.54) is 47.3 Å². The van der Waals surface area contributed by atoms with E-state index < -0.39 is 10.8 Å². The molecule has 5 rings (SSSR count). The van der Waals surface area contributed by atoms with Crippen LogP contribution in [-0.4, -0.2) is 44.3 Å². The average molecular weight is 547 g/mol. The molecule has 0 unspecified atom stereocenters. The monoisotopic (exact) mass is 546 g/mol. The van der Waals surface area contributed by atoms with Gasteiger partial charge in [0.25, 0.3) is 0 Å². The number of ether oxygens (including phenoxy) is 2. The Labute approximate surface area is 240 Å². The smallest absolute Gasteiger partial charge is 0.311 e. The first-order chi connectivity index (χ1) is 18.9. The fraction of sp³-hybridized carbons (Fsp3) is 0.588. The van der Waals surface area contributed by atoms with Gasteiger partial charge in [0.1, 0.15) is 0 Å². The summed E-state index contributed by atoms with van der Waals surface area (Å²) in [4.78, 5) is 29.7. The van der Waals surface area contributed by atoms with Gasteiger partial charge in [-0.25, -0.2) is 0 Å². The van der Waals surface area contributed by atoms with Crippen molar-refractivity contribution >= 4 is 23.3 Å². The number of nitrogens with zero attached hydrogens (tertiary/aromatic N) is 2. The van der Waals surface area contributed by atoms with Gasteiger partial charge in [0.05, 0.1) is 30.1 Å². The molecule has 6 heteroatoms. The van der Waals surface area contributed by atoms with Crippen molar-refractivity contribution in [2.75, 3.05) is 36.1 Å². The number of rotatable bonds is 7. The molecule has 0 radical (unpaired) electrons. The molecule has 0 spiro atoms. The van der Waals surface area contributed by atoms with Crippen molar-refractivity contribution in [3.8, 4) is 0 Å². The first-order valence-corrected chi connectivity index (χ1v) is 15.0. The quantitative estimate of drug-likeness (QED) is 0.370. The van der Waals surface area contributed by atoms with E-state index in [1.807, 2.05) is 41.5 Å². The van der Waals surface area contributed by atoms with E-state index in [-0.39, 0.29) is 11.9 Å². The molecule has 3 heterocycles. The van der Waals surface area contributed by atoms with Crippen LogP contribution in [0, 0.1) is 16.7 Å². The van der Waals surface area contributed by atoms with Crippen LogP contribution in [0.15, 0.2) is 42.5 Å². The Hall–Kier alpha value is -3.02. The summed E-state index contributed by atoms with van der Waals surface area (Å²) >= 11 is 0. The van der Waals surface area contributed by atoms with Crippen molar-refractivity contribution in [1.29, 1.82) is 0 Å². The number of benzene rings is 2. The SMILES string of the molecule is CC(C)(C)C(=O)OCCc1ccc(N2CC[C@@H]3[C@H]4CCCN4c4c(CCOC(=O)C(C)(C)C)cccc4[C@@H]32)cc1. The zero-order valence-corrected chi connectivity index (χ0v) is 25.2. The number of anilines is 2. The zero-order chi connectivity index (χ0) is 28.7. The van der Waals surface area contributed by atoms with Crippen molar-refractivity contribution < 1.29 is 19.1 Å². The molecule has 0 bridgehead atoms. The van der Waals surface area contributed by atoms with Gasteiger partial charge < -0.3 is 19.3 Å². The fourth-order valence-electron chi connectivity index (χ4n) is 6.63. The molecule has 2 aromatic carbocycles. The van der Waals surface area contributed by atoms with Crippen LogP contribution in [0.4, 0.5) is 11.4 Å². The Kier molecular flexibility index (Phi) is 7.91. The topological polar surface area (TPSA) is 59.1 Å². The maximum Gasteiger partial charge on any atom is 0.311 e. The molecular weight excluding hydrogens is 500 g/mol. The van der Waals surface area contributed by atoms with E-state index in [1.54, 1.807) is 0 Å². The van der Waals surface area contributed by atoms with Gasteiger partial charge in [0.15, 0.2) is 0 Å². The molecular formula is C34H46N2O4. The first kappa shape index (κ1) is 28.5. The molecule has 0 aromatic heterocycles. The number of carbonyl (C=O) groups is 2. The summed E-state index contributed by atoms with van der Waals surface area (Å²) in [7, 11) is 0. The van der Waals surface area contributed by atoms with Gasteiger partial charge in [-0.1, -0.05) is 30.3 Å². The van der Waals surface area contributed by atoms with Gasteiger partial charge in [-0.15, -0.1) is 0 Å². The minimum absolute atomic E-state index is 0.144. The number of carbonyl (C=O) groups excluding carboxylic acids is 2. The normalized spacial score (nSPS) is 22.0. The zero-order valence-electron chi connectivity index (χ0n) is 25.2. The van der Waals surface area contributed by atoms with Crippen molar-refractivity contribution in [1.82, 2.24) is 0 Å². The number of hydrogen-bond acceptors (Lipinski definition) is 6. The summed E-state index contributed by atoms with van der Waals surface area (Å²) in [6, 6.07) is 16.5. The third-order valence-corrected chi connectivity index (χ3v) is 8.72. The second-order valence-electron chi connectivity index (χ2n) is 13.8. The van der Waals surface area contributed by atoms with E-state index in [4.69, 9.17) is 9.47 Å². The lowest BCUT2D eigenvalue weighted by Crippen LogP contribution is -2.44. The molecule has 3 atom stereocenters. The number of para-hydroxylation sites is 1. The second-order valence-corrected chi connectivity index (χ2v) is 13.8. The highest BCUT2D eigenvalue weighted by Gasteiger charge is 2.49. The van der Waals surface area contributed by atoms with Crippen molar-refractivity contribution in [2.24, 2.45) is 16.7 Å². The second kappa shape index (κ2) is 11.1. The van der Waals surface area contributed by atoms with Crippen LogP contribution in [0.1, 0.15) is 83.5 Å². The predicted molar refractivity (Wildman–Crippen MR) is 160 cm³/mol. The van der Waals surface area contributed by atoms with Crippen LogP contribution in [-0.2, 0) is 31.9 Å². The Morgan fingerprint density at radius 2 is 1.45 bits per heavy atom. The molecule has 0 saturated carbocycles. The summed E-state index contributed by atoms with van der Waals surface area (Å²) in [5, 5.41) is 0. The van der Waals surface area contributed by atoms with Crippen molar-refractivity contribution in [3.05, 3.63) is 59.2 Å². The lowest BCUT2D eigenvalue weighted by Gasteiger charge is -2.45. The maximum absolute atomic E-state index is 12.4. The van der Waals surface area contributed by atoms with Crippen molar-refractivity contribution in [3.63, 3.8) is 0 Å². The van der Waals surface area contributed by atoms with Gasteiger partial charge in [0, 0.05) is 49.3 Å². The Morgan fingerprint density at radius 1 is 0.800 bits per heavy atom. The third-order valence-electron chi connectivity index (χ3n) is 8.72. The molecule has 2 saturated heterocycles. The molecule has 3 aliphatic rings. The average Bonchev–Trinajstić information content (AvgIpc) is 3.56. The lowest BCUT2D eigenvalue weighted by molar-refractivity contribution is -0.153. The van der Waals surface area contributed by atoms with Crippen LogP contribution in [0.25, 0.3) is 0 Å². The Morgan fingerprint density at radius 3 is 2.10 bits per heavy atom. The van der Waals surface area contributed by atoms with E-state index >= 15 is 0 Å². The first-order valence-electron chi connectivity index (χ1n) is 15.0. The van der Waals surface area contributed by atoms with Gasteiger partial charge >= 0.3 is 11.9 Å². The molecule has 2 aromatic rings. The van der Waals surface area contributed by atoms with Crippen LogP contribution in [0.5, 0.6) is 0 Å². The molecule has 6 nitrogen and oxygen atoms in total. The summed E-state index contributed by atoms with van der Waals surface area (Å²) in [5.41, 5.74) is 5.56. The van der Waals surface area contributed by atoms with Crippen LogP contribution >= 0.6 is 0 Å². The fourth-order valence-corrected chi connectivity index (χ4v) is 6.63. The molecule has 0 N–H and O–H groups in total. The minimum atomic E-state index is -0.486. The van der Waals surface area contributed by atoms with Crippen LogP contribution in [0.3, 0.4) is 0 Å². The molecule has 0 aliphatic carbocycles. The van der Waals surface area contributed by atoms with E-state index in [9.17, 15) is 9.59 Å². The highest BCUT2D eigenvalue weighted by atomic mass is 16.5. The lowest BCUT2D eigenvalue weighted by atomic mass is 9.80. The van der Waals surface area contributed by atoms with E-state index in [0.29, 0.717) is 31.2 Å². The molecule has 40 heavy (non-hydrogen) atoms. The Bertz CT molecular complexity index is 1220. The summed E-state index contributed by atoms with van der Waals surface area (Å²) < 4.78 is 11.1. The van der Waals surface area contributed by atoms with E-state index in [2.05, 4.69) is 52.3 Å². The summed E-state index contributed by atoms with van der Waals surface area (Å²) in [6.07, 6.45) is 5.13. The molecule has 0 amide bonds. The highest BCUT2D eigenvalue weighted by Crippen LogP contribution is 2.53. The van der Waals surface area contributed by atoms with Crippen LogP contribution < -0.4 is 9.80 Å².